The van der Waals surface area contributed by atoms with E-state index in [1.807, 2.05) is 13.0 Å². The van der Waals surface area contributed by atoms with Crippen molar-refractivity contribution in [1.82, 2.24) is 9.78 Å². The number of aromatic nitrogens is 2. The smallest absolute Gasteiger partial charge is 0.145 e. The first kappa shape index (κ1) is 12.0. The highest BCUT2D eigenvalue weighted by molar-refractivity contribution is 5.41. The summed E-state index contributed by atoms with van der Waals surface area (Å²) in [6.45, 7) is 3.05. The third-order valence-corrected chi connectivity index (χ3v) is 2.56. The van der Waals surface area contributed by atoms with Gasteiger partial charge in [-0.2, -0.15) is 10.4 Å². The van der Waals surface area contributed by atoms with Gasteiger partial charge in [0.25, 0.3) is 0 Å². The molecule has 0 atom stereocenters. The zero-order chi connectivity index (χ0) is 13.0. The summed E-state index contributed by atoms with van der Waals surface area (Å²) in [5.74, 6) is 1.23. The maximum Gasteiger partial charge on any atom is 0.145 e. The lowest BCUT2D eigenvalue weighted by Crippen LogP contribution is -2.09. The normalized spacial score (nSPS) is 10.0. The topological polar surface area (TPSA) is 76.9 Å². The van der Waals surface area contributed by atoms with Crippen LogP contribution in [0.1, 0.15) is 11.1 Å². The van der Waals surface area contributed by atoms with Crippen LogP contribution in [0.4, 0.5) is 5.82 Å². The number of anilines is 1. The number of nitrogen functional groups attached to an aromatic ring is 1. The van der Waals surface area contributed by atoms with E-state index < -0.39 is 0 Å². The van der Waals surface area contributed by atoms with Crippen LogP contribution in [-0.4, -0.2) is 16.4 Å². The summed E-state index contributed by atoms with van der Waals surface area (Å²) in [7, 11) is 0. The van der Waals surface area contributed by atoms with E-state index >= 15 is 0 Å². The Morgan fingerprint density at radius 2 is 2.28 bits per heavy atom. The molecule has 5 nitrogen and oxygen atoms in total. The first-order chi connectivity index (χ1) is 8.69. The lowest BCUT2D eigenvalue weighted by atomic mass is 10.1. The molecule has 18 heavy (non-hydrogen) atoms. The standard InChI is InChI=1S/C13H14N4O/c1-10-2-3-11(9-14)8-12(10)18-7-6-17-5-4-13(15)16-17/h2-5,8H,6-7H2,1H3,(H2,15,16). The largest absolute Gasteiger partial charge is 0.491 e. The van der Waals surface area contributed by atoms with E-state index in [-0.39, 0.29) is 0 Å². The van der Waals surface area contributed by atoms with Gasteiger partial charge in [-0.05, 0) is 30.7 Å². The van der Waals surface area contributed by atoms with Gasteiger partial charge in [-0.25, -0.2) is 0 Å². The lowest BCUT2D eigenvalue weighted by molar-refractivity contribution is 0.289. The Balaban J connectivity index is 1.96. The maximum absolute atomic E-state index is 8.83. The van der Waals surface area contributed by atoms with E-state index in [2.05, 4.69) is 11.2 Å². The van der Waals surface area contributed by atoms with E-state index in [0.717, 1.165) is 11.3 Å². The average Bonchev–Trinajstić information content (AvgIpc) is 2.77. The molecule has 0 radical (unpaired) electrons. The zero-order valence-electron chi connectivity index (χ0n) is 10.1. The number of aryl methyl sites for hydroxylation is 1. The van der Waals surface area contributed by atoms with E-state index in [1.165, 1.54) is 0 Å². The van der Waals surface area contributed by atoms with Crippen molar-refractivity contribution in [2.45, 2.75) is 13.5 Å². The van der Waals surface area contributed by atoms with Gasteiger partial charge in [0.05, 0.1) is 18.2 Å². The van der Waals surface area contributed by atoms with Crippen molar-refractivity contribution < 1.29 is 4.74 Å². The minimum absolute atomic E-state index is 0.483. The lowest BCUT2D eigenvalue weighted by Gasteiger charge is -2.09. The van der Waals surface area contributed by atoms with Crippen molar-refractivity contribution in [2.24, 2.45) is 0 Å². The summed E-state index contributed by atoms with van der Waals surface area (Å²) < 4.78 is 7.36. The third kappa shape index (κ3) is 2.80. The Bertz CT molecular complexity index is 583. The van der Waals surface area contributed by atoms with Crippen LogP contribution in [0.15, 0.2) is 30.5 Å². The van der Waals surface area contributed by atoms with E-state index in [4.69, 9.17) is 15.7 Å². The van der Waals surface area contributed by atoms with Gasteiger partial charge in [0, 0.05) is 6.20 Å². The second-order valence-corrected chi connectivity index (χ2v) is 3.94. The number of nitriles is 1. The molecule has 92 valence electrons. The molecule has 0 aliphatic carbocycles. The minimum atomic E-state index is 0.483. The predicted octanol–water partition coefficient (Wildman–Crippen LogP) is 1.72. The number of rotatable bonds is 4. The van der Waals surface area contributed by atoms with Gasteiger partial charge in [0.15, 0.2) is 0 Å². The van der Waals surface area contributed by atoms with Crippen LogP contribution < -0.4 is 10.5 Å². The van der Waals surface area contributed by atoms with Gasteiger partial charge in [-0.3, -0.25) is 4.68 Å². The fourth-order valence-electron chi connectivity index (χ4n) is 1.58. The van der Waals surface area contributed by atoms with E-state index in [1.54, 1.807) is 29.1 Å². The number of hydrogen-bond donors (Lipinski definition) is 1. The van der Waals surface area contributed by atoms with Gasteiger partial charge in [-0.1, -0.05) is 6.07 Å². The number of ether oxygens (including phenoxy) is 1. The Morgan fingerprint density at radius 1 is 1.44 bits per heavy atom. The van der Waals surface area contributed by atoms with Gasteiger partial charge in [0.2, 0.25) is 0 Å². The molecule has 1 aromatic heterocycles. The first-order valence-electron chi connectivity index (χ1n) is 5.61. The number of nitrogens with two attached hydrogens (primary N) is 1. The number of nitrogens with zero attached hydrogens (tertiary/aromatic N) is 3. The fourth-order valence-corrected chi connectivity index (χ4v) is 1.58. The highest BCUT2D eigenvalue weighted by Crippen LogP contribution is 2.19. The quantitative estimate of drug-likeness (QED) is 0.885. The highest BCUT2D eigenvalue weighted by atomic mass is 16.5. The molecule has 0 spiro atoms. The summed E-state index contributed by atoms with van der Waals surface area (Å²) in [6, 6.07) is 9.22. The molecular weight excluding hydrogens is 228 g/mol. The Kier molecular flexibility index (Phi) is 3.49. The fraction of sp³-hybridized carbons (Fsp3) is 0.231. The van der Waals surface area contributed by atoms with Gasteiger partial charge in [0.1, 0.15) is 18.2 Å². The van der Waals surface area contributed by atoms with Crippen LogP contribution in [0.2, 0.25) is 0 Å². The molecule has 2 aromatic rings. The molecule has 0 saturated heterocycles. The van der Waals surface area contributed by atoms with Gasteiger partial charge >= 0.3 is 0 Å². The molecule has 0 saturated carbocycles. The summed E-state index contributed by atoms with van der Waals surface area (Å²) in [6.07, 6.45) is 1.80. The van der Waals surface area contributed by atoms with E-state index in [9.17, 15) is 0 Å². The summed E-state index contributed by atoms with van der Waals surface area (Å²) in [5, 5.41) is 12.9. The van der Waals surface area contributed by atoms with Crippen LogP contribution in [0, 0.1) is 18.3 Å². The monoisotopic (exact) mass is 242 g/mol. The molecule has 5 heteroatoms. The van der Waals surface area contributed by atoms with Crippen molar-refractivity contribution in [3.8, 4) is 11.8 Å². The van der Waals surface area contributed by atoms with Crippen LogP contribution in [0.25, 0.3) is 0 Å². The molecule has 2 rings (SSSR count). The summed E-state index contributed by atoms with van der Waals surface area (Å²) in [5.41, 5.74) is 7.12. The SMILES string of the molecule is Cc1ccc(C#N)cc1OCCn1ccc(N)n1. The second kappa shape index (κ2) is 5.23. The Labute approximate surface area is 105 Å². The number of benzene rings is 1. The molecule has 0 aliphatic heterocycles. The van der Waals surface area contributed by atoms with Crippen molar-refractivity contribution in [2.75, 3.05) is 12.3 Å². The minimum Gasteiger partial charge on any atom is -0.491 e. The maximum atomic E-state index is 8.83. The summed E-state index contributed by atoms with van der Waals surface area (Å²) >= 11 is 0. The molecule has 0 amide bonds. The van der Waals surface area contributed by atoms with Gasteiger partial charge < -0.3 is 10.5 Å². The van der Waals surface area contributed by atoms with Crippen LogP contribution in [-0.2, 0) is 6.54 Å². The molecule has 2 N–H and O–H groups in total. The van der Waals surface area contributed by atoms with Crippen LogP contribution in [0.5, 0.6) is 5.75 Å². The Morgan fingerprint density at radius 3 is 2.94 bits per heavy atom. The molecule has 0 unspecified atom stereocenters. The van der Waals surface area contributed by atoms with Gasteiger partial charge in [-0.15, -0.1) is 0 Å². The molecular formula is C13H14N4O. The highest BCUT2D eigenvalue weighted by Gasteiger charge is 2.02. The number of hydrogen-bond acceptors (Lipinski definition) is 4. The van der Waals surface area contributed by atoms with Crippen molar-refractivity contribution in [3.63, 3.8) is 0 Å². The second-order valence-electron chi connectivity index (χ2n) is 3.94. The summed E-state index contributed by atoms with van der Waals surface area (Å²) in [4.78, 5) is 0. The molecule has 1 heterocycles. The third-order valence-electron chi connectivity index (χ3n) is 2.56. The van der Waals surface area contributed by atoms with Crippen molar-refractivity contribution >= 4 is 5.82 Å². The molecule has 0 bridgehead atoms. The van der Waals surface area contributed by atoms with Crippen molar-refractivity contribution in [1.29, 1.82) is 5.26 Å². The van der Waals surface area contributed by atoms with Crippen molar-refractivity contribution in [3.05, 3.63) is 41.6 Å². The van der Waals surface area contributed by atoms with Crippen LogP contribution in [0.3, 0.4) is 0 Å². The Hall–Kier alpha value is -2.48. The molecule has 0 aliphatic rings. The average molecular weight is 242 g/mol. The molecule has 1 aromatic carbocycles. The first-order valence-corrected chi connectivity index (χ1v) is 5.61. The van der Waals surface area contributed by atoms with E-state index in [0.29, 0.717) is 24.5 Å². The predicted molar refractivity (Wildman–Crippen MR) is 68.0 cm³/mol. The van der Waals surface area contributed by atoms with Crippen LogP contribution >= 0.6 is 0 Å². The zero-order valence-corrected chi connectivity index (χ0v) is 10.1. The molecule has 0 fully saturated rings.